The summed E-state index contributed by atoms with van der Waals surface area (Å²) < 4.78 is 5.74. The molecule has 21 heavy (non-hydrogen) atoms. The summed E-state index contributed by atoms with van der Waals surface area (Å²) in [4.78, 5) is 0. The molecule has 1 rings (SSSR count). The van der Waals surface area contributed by atoms with Crippen LogP contribution in [0.5, 0.6) is 0 Å². The lowest BCUT2D eigenvalue weighted by Gasteiger charge is -2.19. The van der Waals surface area contributed by atoms with E-state index in [1.165, 1.54) is 49.7 Å². The molecule has 0 radical (unpaired) electrons. The molecule has 0 aliphatic rings. The smallest absolute Gasteiger partial charge is 0.0598 e. The highest BCUT2D eigenvalue weighted by molar-refractivity contribution is 5.25. The number of aryl methyl sites for hydroxylation is 1. The van der Waals surface area contributed by atoms with Crippen molar-refractivity contribution < 1.29 is 4.74 Å². The zero-order chi connectivity index (χ0) is 15.7. The molecule has 0 saturated heterocycles. The van der Waals surface area contributed by atoms with Gasteiger partial charge in [-0.05, 0) is 57.1 Å². The number of hydrogen-bond donors (Lipinski definition) is 0. The van der Waals surface area contributed by atoms with Crippen LogP contribution >= 0.6 is 0 Å². The first-order chi connectivity index (χ1) is 9.88. The maximum atomic E-state index is 5.74. The Kier molecular flexibility index (Phi) is 8.03. The van der Waals surface area contributed by atoms with Crippen molar-refractivity contribution in [2.75, 3.05) is 6.61 Å². The van der Waals surface area contributed by atoms with Gasteiger partial charge in [0.2, 0.25) is 0 Å². The molecule has 0 heterocycles. The van der Waals surface area contributed by atoms with Gasteiger partial charge in [-0.15, -0.1) is 0 Å². The van der Waals surface area contributed by atoms with Gasteiger partial charge in [0.25, 0.3) is 0 Å². The maximum Gasteiger partial charge on any atom is 0.0598 e. The Morgan fingerprint density at radius 1 is 0.952 bits per heavy atom. The van der Waals surface area contributed by atoms with Crippen LogP contribution in [0.1, 0.15) is 83.8 Å². The first-order valence-corrected chi connectivity index (χ1v) is 8.61. The van der Waals surface area contributed by atoms with Gasteiger partial charge in [-0.2, -0.15) is 0 Å². The van der Waals surface area contributed by atoms with E-state index in [-0.39, 0.29) is 5.60 Å². The zero-order valence-corrected chi connectivity index (χ0v) is 14.7. The first-order valence-electron chi connectivity index (χ1n) is 8.61. The first kappa shape index (κ1) is 18.2. The van der Waals surface area contributed by atoms with E-state index in [0.717, 1.165) is 6.61 Å². The second kappa shape index (κ2) is 9.25. The van der Waals surface area contributed by atoms with Crippen molar-refractivity contribution in [3.8, 4) is 0 Å². The van der Waals surface area contributed by atoms with Crippen LogP contribution in [0.3, 0.4) is 0 Å². The predicted octanol–water partition coefficient (Wildman–Crippen LogP) is 6.12. The summed E-state index contributed by atoms with van der Waals surface area (Å²) in [6, 6.07) is 9.09. The van der Waals surface area contributed by atoms with E-state index in [9.17, 15) is 0 Å². The molecule has 0 bridgehead atoms. The lowest BCUT2D eigenvalue weighted by atomic mass is 9.98. The molecule has 120 valence electrons. The monoisotopic (exact) mass is 290 g/mol. The summed E-state index contributed by atoms with van der Waals surface area (Å²) in [5.74, 6) is 0.632. The molecule has 0 aliphatic carbocycles. The lowest BCUT2D eigenvalue weighted by Crippen LogP contribution is -2.19. The predicted molar refractivity (Wildman–Crippen MR) is 93.0 cm³/mol. The second-order valence-corrected chi connectivity index (χ2v) is 7.38. The van der Waals surface area contributed by atoms with Gasteiger partial charge in [-0.25, -0.2) is 0 Å². The van der Waals surface area contributed by atoms with Crippen molar-refractivity contribution in [1.29, 1.82) is 0 Å². The number of rotatable bonds is 9. The molecule has 0 amide bonds. The minimum Gasteiger partial charge on any atom is -0.376 e. The summed E-state index contributed by atoms with van der Waals surface area (Å²) in [7, 11) is 0. The van der Waals surface area contributed by atoms with E-state index < -0.39 is 0 Å². The molecular formula is C20H34O. The second-order valence-electron chi connectivity index (χ2n) is 7.38. The van der Waals surface area contributed by atoms with Gasteiger partial charge in [-0.3, -0.25) is 0 Å². The fourth-order valence-electron chi connectivity index (χ4n) is 2.45. The minimum absolute atomic E-state index is 0.0153. The molecule has 0 unspecified atom stereocenters. The third-order valence-electron chi connectivity index (χ3n) is 3.76. The topological polar surface area (TPSA) is 9.23 Å². The van der Waals surface area contributed by atoms with Crippen molar-refractivity contribution in [2.24, 2.45) is 0 Å². The summed E-state index contributed by atoms with van der Waals surface area (Å²) in [6.45, 7) is 11.8. The van der Waals surface area contributed by atoms with Crippen LogP contribution in [0.2, 0.25) is 0 Å². The highest BCUT2D eigenvalue weighted by atomic mass is 16.5. The SMILES string of the molecule is CC(C)c1cccc(CCCCCCCOC(C)(C)C)c1. The van der Waals surface area contributed by atoms with Gasteiger partial charge in [0, 0.05) is 6.61 Å². The lowest BCUT2D eigenvalue weighted by molar-refractivity contribution is -0.00474. The van der Waals surface area contributed by atoms with Crippen LogP contribution in [0.4, 0.5) is 0 Å². The summed E-state index contributed by atoms with van der Waals surface area (Å²) in [6.07, 6.45) is 7.68. The van der Waals surface area contributed by atoms with E-state index in [2.05, 4.69) is 58.9 Å². The van der Waals surface area contributed by atoms with E-state index in [1.807, 2.05) is 0 Å². The van der Waals surface area contributed by atoms with E-state index in [0.29, 0.717) is 5.92 Å². The van der Waals surface area contributed by atoms with Gasteiger partial charge < -0.3 is 4.74 Å². The van der Waals surface area contributed by atoms with Crippen LogP contribution in [0, 0.1) is 0 Å². The summed E-state index contributed by atoms with van der Waals surface area (Å²) >= 11 is 0. The number of unbranched alkanes of at least 4 members (excludes halogenated alkanes) is 4. The fraction of sp³-hybridized carbons (Fsp3) is 0.700. The van der Waals surface area contributed by atoms with Crippen LogP contribution in [0.25, 0.3) is 0 Å². The third-order valence-corrected chi connectivity index (χ3v) is 3.76. The van der Waals surface area contributed by atoms with Crippen molar-refractivity contribution in [2.45, 2.75) is 84.7 Å². The Bertz CT molecular complexity index is 387. The molecule has 1 nitrogen and oxygen atoms in total. The molecule has 1 heteroatoms. The molecule has 0 fully saturated rings. The Morgan fingerprint density at radius 3 is 2.29 bits per heavy atom. The third kappa shape index (κ3) is 8.93. The van der Waals surface area contributed by atoms with Crippen molar-refractivity contribution in [3.63, 3.8) is 0 Å². The van der Waals surface area contributed by atoms with E-state index in [4.69, 9.17) is 4.74 Å². The highest BCUT2D eigenvalue weighted by Crippen LogP contribution is 2.17. The average Bonchev–Trinajstić information content (AvgIpc) is 2.41. The standard InChI is InChI=1S/C20H34O/c1-17(2)19-14-11-13-18(16-19)12-9-7-6-8-10-15-21-20(3,4)5/h11,13-14,16-17H,6-10,12,15H2,1-5H3. The van der Waals surface area contributed by atoms with E-state index in [1.54, 1.807) is 0 Å². The zero-order valence-electron chi connectivity index (χ0n) is 14.7. The van der Waals surface area contributed by atoms with E-state index >= 15 is 0 Å². The molecule has 0 aromatic heterocycles. The van der Waals surface area contributed by atoms with Crippen LogP contribution < -0.4 is 0 Å². The van der Waals surface area contributed by atoms with Crippen molar-refractivity contribution in [3.05, 3.63) is 35.4 Å². The maximum absolute atomic E-state index is 5.74. The van der Waals surface area contributed by atoms with Gasteiger partial charge in [0.1, 0.15) is 0 Å². The molecular weight excluding hydrogens is 256 g/mol. The van der Waals surface area contributed by atoms with Gasteiger partial charge in [-0.1, -0.05) is 57.4 Å². The Balaban J connectivity index is 2.08. The molecule has 0 saturated carbocycles. The fourth-order valence-corrected chi connectivity index (χ4v) is 2.45. The Hall–Kier alpha value is -0.820. The normalized spacial score (nSPS) is 12.1. The quantitative estimate of drug-likeness (QED) is 0.498. The van der Waals surface area contributed by atoms with Gasteiger partial charge in [0.05, 0.1) is 5.60 Å². The van der Waals surface area contributed by atoms with Crippen molar-refractivity contribution >= 4 is 0 Å². The number of ether oxygens (including phenoxy) is 1. The molecule has 0 N–H and O–H groups in total. The average molecular weight is 290 g/mol. The molecule has 0 atom stereocenters. The van der Waals surface area contributed by atoms with Crippen LogP contribution in [-0.4, -0.2) is 12.2 Å². The molecule has 1 aromatic rings. The molecule has 0 aliphatic heterocycles. The van der Waals surface area contributed by atoms with Gasteiger partial charge in [0.15, 0.2) is 0 Å². The van der Waals surface area contributed by atoms with Crippen LogP contribution in [0.15, 0.2) is 24.3 Å². The number of hydrogen-bond acceptors (Lipinski definition) is 1. The summed E-state index contributed by atoms with van der Waals surface area (Å²) in [5.41, 5.74) is 2.98. The largest absolute Gasteiger partial charge is 0.376 e. The summed E-state index contributed by atoms with van der Waals surface area (Å²) in [5, 5.41) is 0. The van der Waals surface area contributed by atoms with Gasteiger partial charge >= 0.3 is 0 Å². The molecule has 0 spiro atoms. The van der Waals surface area contributed by atoms with Crippen LogP contribution in [-0.2, 0) is 11.2 Å². The Morgan fingerprint density at radius 2 is 1.62 bits per heavy atom. The molecule has 1 aromatic carbocycles. The Labute approximate surface area is 132 Å². The van der Waals surface area contributed by atoms with Crippen molar-refractivity contribution in [1.82, 2.24) is 0 Å². The minimum atomic E-state index is 0.0153. The highest BCUT2D eigenvalue weighted by Gasteiger charge is 2.08. The number of benzene rings is 1.